The maximum atomic E-state index is 12.4. The summed E-state index contributed by atoms with van der Waals surface area (Å²) in [5.41, 5.74) is 5.60. The Labute approximate surface area is 163 Å². The van der Waals surface area contributed by atoms with Crippen LogP contribution >= 0.6 is 11.8 Å². The Kier molecular flexibility index (Phi) is 4.90. The third kappa shape index (κ3) is 4.01. The zero-order chi connectivity index (χ0) is 18.8. The van der Waals surface area contributed by atoms with Gasteiger partial charge in [0.25, 0.3) is 0 Å². The number of aryl methyl sites for hydroxylation is 2. The van der Waals surface area contributed by atoms with E-state index >= 15 is 0 Å². The summed E-state index contributed by atoms with van der Waals surface area (Å²) in [6, 6.07) is 16.7. The number of hydrogen-bond donors (Lipinski definition) is 2. The van der Waals surface area contributed by atoms with Crippen LogP contribution in [0, 0.1) is 13.8 Å². The second kappa shape index (κ2) is 7.48. The summed E-state index contributed by atoms with van der Waals surface area (Å²) >= 11 is 1.66. The molecular weight excluding hydrogens is 356 g/mol. The molecule has 1 aliphatic heterocycles. The van der Waals surface area contributed by atoms with Crippen LogP contribution in [0.4, 0.5) is 10.6 Å². The van der Waals surface area contributed by atoms with E-state index in [1.165, 1.54) is 22.3 Å². The number of hydrogen-bond acceptors (Lipinski definition) is 4. The van der Waals surface area contributed by atoms with E-state index in [0.29, 0.717) is 6.42 Å². The van der Waals surface area contributed by atoms with Crippen LogP contribution in [0.1, 0.15) is 27.9 Å². The van der Waals surface area contributed by atoms with Crippen LogP contribution < -0.4 is 10.6 Å². The molecule has 3 aromatic rings. The highest BCUT2D eigenvalue weighted by Crippen LogP contribution is 2.26. The van der Waals surface area contributed by atoms with Crippen LogP contribution in [0.15, 0.2) is 54.9 Å². The van der Waals surface area contributed by atoms with Gasteiger partial charge in [-0.05, 0) is 25.0 Å². The number of carbonyl (C=O) groups is 1. The van der Waals surface area contributed by atoms with Crippen molar-refractivity contribution < 1.29 is 4.79 Å². The molecule has 138 valence electrons. The molecule has 0 saturated carbocycles. The fourth-order valence-corrected chi connectivity index (χ4v) is 3.94. The van der Waals surface area contributed by atoms with E-state index in [2.05, 4.69) is 78.0 Å². The topological polar surface area (TPSA) is 59.0 Å². The predicted molar refractivity (Wildman–Crippen MR) is 110 cm³/mol. The number of nitrogens with one attached hydrogen (secondary N) is 2. The Morgan fingerprint density at radius 3 is 2.26 bits per heavy atom. The largest absolute Gasteiger partial charge is 0.341 e. The number of benzene rings is 2. The van der Waals surface area contributed by atoms with Crippen molar-refractivity contribution in [2.75, 3.05) is 5.32 Å². The molecule has 1 aromatic heterocycles. The molecule has 6 heteroatoms. The second-order valence-electron chi connectivity index (χ2n) is 6.84. The lowest BCUT2D eigenvalue weighted by Crippen LogP contribution is -2.46. The van der Waals surface area contributed by atoms with Gasteiger partial charge >= 0.3 is 6.03 Å². The molecule has 0 saturated heterocycles. The molecule has 5 nitrogen and oxygen atoms in total. The first-order chi connectivity index (χ1) is 13.1. The normalized spacial score (nSPS) is 15.8. The van der Waals surface area contributed by atoms with E-state index in [1.54, 1.807) is 22.7 Å². The van der Waals surface area contributed by atoms with Crippen molar-refractivity contribution in [3.63, 3.8) is 0 Å². The van der Waals surface area contributed by atoms with E-state index < -0.39 is 0 Å². The van der Waals surface area contributed by atoms with E-state index in [1.807, 2.05) is 0 Å². The highest BCUT2D eigenvalue weighted by Gasteiger charge is 2.26. The lowest BCUT2D eigenvalue weighted by atomic mass is 10.1. The van der Waals surface area contributed by atoms with E-state index in [-0.39, 0.29) is 11.5 Å². The summed E-state index contributed by atoms with van der Waals surface area (Å²) in [5.74, 6) is 1.60. The van der Waals surface area contributed by atoms with Crippen molar-refractivity contribution in [2.45, 2.75) is 31.5 Å². The third-order valence-electron chi connectivity index (χ3n) is 4.61. The average molecular weight is 379 g/mol. The van der Waals surface area contributed by atoms with Crippen LogP contribution in [0.2, 0.25) is 0 Å². The Morgan fingerprint density at radius 2 is 1.59 bits per heavy atom. The monoisotopic (exact) mass is 378 g/mol. The standard InChI is InChI=1S/C21H22N4OS/c1-14-3-7-16(8-4-14)11-18-19-23-20(24-21(26)25(19)13-22-18)27-12-17-9-5-15(2)6-10-17/h3-10,13,20,23H,11-12H2,1-2H3,(H,24,26). The molecule has 0 spiro atoms. The summed E-state index contributed by atoms with van der Waals surface area (Å²) < 4.78 is 1.55. The minimum atomic E-state index is -0.181. The highest BCUT2D eigenvalue weighted by atomic mass is 32.2. The predicted octanol–water partition coefficient (Wildman–Crippen LogP) is 4.29. The van der Waals surface area contributed by atoms with Gasteiger partial charge in [-0.2, -0.15) is 0 Å². The SMILES string of the molecule is Cc1ccc(CSC2NC(=O)n3cnc(Cc4ccc(C)cc4)c3N2)cc1. The Morgan fingerprint density at radius 1 is 0.963 bits per heavy atom. The van der Waals surface area contributed by atoms with Gasteiger partial charge in [0, 0.05) is 12.2 Å². The Bertz CT molecular complexity index is 947. The fraction of sp³-hybridized carbons (Fsp3) is 0.238. The first kappa shape index (κ1) is 17.7. The molecule has 0 bridgehead atoms. The molecule has 0 fully saturated rings. The minimum Gasteiger partial charge on any atom is -0.341 e. The van der Waals surface area contributed by atoms with Gasteiger partial charge in [-0.3, -0.25) is 0 Å². The molecule has 0 aliphatic carbocycles. The third-order valence-corrected chi connectivity index (χ3v) is 5.68. The number of amides is 1. The minimum absolute atomic E-state index is 0.146. The van der Waals surface area contributed by atoms with E-state index in [0.717, 1.165) is 17.3 Å². The molecule has 2 N–H and O–H groups in total. The molecular formula is C21H22N4OS. The van der Waals surface area contributed by atoms with Crippen molar-refractivity contribution in [1.29, 1.82) is 0 Å². The lowest BCUT2D eigenvalue weighted by molar-refractivity contribution is 0.241. The van der Waals surface area contributed by atoms with Gasteiger partial charge in [0.1, 0.15) is 12.1 Å². The van der Waals surface area contributed by atoms with Gasteiger partial charge in [-0.25, -0.2) is 14.3 Å². The highest BCUT2D eigenvalue weighted by molar-refractivity contribution is 7.99. The molecule has 0 radical (unpaired) electrons. The van der Waals surface area contributed by atoms with Gasteiger partial charge in [0.2, 0.25) is 0 Å². The number of carbonyl (C=O) groups excluding carboxylic acids is 1. The Balaban J connectivity index is 1.47. The summed E-state index contributed by atoms with van der Waals surface area (Å²) in [4.78, 5) is 16.9. The molecule has 27 heavy (non-hydrogen) atoms. The molecule has 1 atom stereocenters. The van der Waals surface area contributed by atoms with Crippen LogP contribution in [0.5, 0.6) is 0 Å². The van der Waals surface area contributed by atoms with Gasteiger partial charge in [0.05, 0.1) is 5.69 Å². The number of aromatic nitrogens is 2. The molecule has 1 amide bonds. The average Bonchev–Trinajstić information content (AvgIpc) is 3.06. The summed E-state index contributed by atoms with van der Waals surface area (Å²) in [6.45, 7) is 4.15. The summed E-state index contributed by atoms with van der Waals surface area (Å²) in [5, 5.41) is 6.40. The fourth-order valence-electron chi connectivity index (χ4n) is 3.01. The van der Waals surface area contributed by atoms with Crippen molar-refractivity contribution in [3.8, 4) is 0 Å². The van der Waals surface area contributed by atoms with E-state index in [9.17, 15) is 4.79 Å². The van der Waals surface area contributed by atoms with Crippen molar-refractivity contribution in [2.24, 2.45) is 0 Å². The van der Waals surface area contributed by atoms with Gasteiger partial charge in [-0.1, -0.05) is 59.7 Å². The first-order valence-corrected chi connectivity index (χ1v) is 10.00. The van der Waals surface area contributed by atoms with E-state index in [4.69, 9.17) is 0 Å². The number of thioether (sulfide) groups is 1. The first-order valence-electron chi connectivity index (χ1n) is 8.95. The Hall–Kier alpha value is -2.73. The molecule has 2 aromatic carbocycles. The van der Waals surface area contributed by atoms with Crippen LogP contribution in [0.25, 0.3) is 0 Å². The number of fused-ring (bicyclic) bond motifs is 1. The second-order valence-corrected chi connectivity index (χ2v) is 7.94. The lowest BCUT2D eigenvalue weighted by Gasteiger charge is -2.27. The van der Waals surface area contributed by atoms with Crippen molar-refractivity contribution >= 4 is 23.6 Å². The van der Waals surface area contributed by atoms with Gasteiger partial charge in [-0.15, -0.1) is 11.8 Å². The maximum Gasteiger partial charge on any atom is 0.330 e. The quantitative estimate of drug-likeness (QED) is 0.695. The zero-order valence-corrected chi connectivity index (χ0v) is 16.2. The van der Waals surface area contributed by atoms with Crippen LogP contribution in [-0.2, 0) is 12.2 Å². The molecule has 1 aliphatic rings. The van der Waals surface area contributed by atoms with Crippen LogP contribution in [0.3, 0.4) is 0 Å². The van der Waals surface area contributed by atoms with Gasteiger partial charge in [0.15, 0.2) is 5.50 Å². The van der Waals surface area contributed by atoms with Crippen LogP contribution in [-0.4, -0.2) is 21.1 Å². The van der Waals surface area contributed by atoms with Crippen molar-refractivity contribution in [3.05, 3.63) is 82.8 Å². The number of nitrogens with zero attached hydrogens (tertiary/aromatic N) is 2. The molecule has 4 rings (SSSR count). The molecule has 1 unspecified atom stereocenters. The smallest absolute Gasteiger partial charge is 0.330 e. The molecule has 2 heterocycles. The van der Waals surface area contributed by atoms with Crippen molar-refractivity contribution in [1.82, 2.24) is 14.9 Å². The van der Waals surface area contributed by atoms with Gasteiger partial charge < -0.3 is 10.6 Å². The maximum absolute atomic E-state index is 12.4. The summed E-state index contributed by atoms with van der Waals surface area (Å²) in [6.07, 6.45) is 2.28. The zero-order valence-electron chi connectivity index (χ0n) is 15.4. The number of anilines is 1. The summed E-state index contributed by atoms with van der Waals surface area (Å²) in [7, 11) is 0. The number of imidazole rings is 1. The number of rotatable bonds is 5.